The number of benzene rings is 1. The number of hydrogen-bond acceptors (Lipinski definition) is 5. The van der Waals surface area contributed by atoms with Crippen molar-refractivity contribution in [1.82, 2.24) is 10.2 Å². The number of likely N-dealkylation sites (N-methyl/N-ethyl adjacent to an activating group) is 1. The molecule has 0 bridgehead atoms. The number of nitrogens with zero attached hydrogens (tertiary/aromatic N) is 1. The second kappa shape index (κ2) is 6.93. The molecule has 1 fully saturated rings. The van der Waals surface area contributed by atoms with Crippen LogP contribution in [0.15, 0.2) is 24.3 Å². The summed E-state index contributed by atoms with van der Waals surface area (Å²) in [6.07, 6.45) is 1.96. The maximum absolute atomic E-state index is 11.8. The molecule has 2 rings (SSSR count). The van der Waals surface area contributed by atoms with Crippen molar-refractivity contribution in [1.29, 1.82) is 0 Å². The Bertz CT molecular complexity index is 566. The summed E-state index contributed by atoms with van der Waals surface area (Å²) in [6, 6.07) is 5.74. The molecular formula is C15H18N2O5. The smallest absolute Gasteiger partial charge is 0.338 e. The van der Waals surface area contributed by atoms with Crippen LogP contribution in [0, 0.1) is 0 Å². The van der Waals surface area contributed by atoms with Crippen molar-refractivity contribution >= 4 is 17.8 Å². The highest BCUT2D eigenvalue weighted by atomic mass is 16.5. The Balaban J connectivity index is 1.74. The van der Waals surface area contributed by atoms with Gasteiger partial charge in [0.25, 0.3) is 5.91 Å². The standard InChI is InChI=1S/C15H18N2O5/c1-17(8-13(19)16-11-4-5-11)14(20)9-22-15(21)10-2-6-12(18)7-3-10/h2-3,6-7,11,18H,4-5,8-9H2,1H3,(H,16,19). The summed E-state index contributed by atoms with van der Waals surface area (Å²) in [4.78, 5) is 36.3. The lowest BCUT2D eigenvalue weighted by Gasteiger charge is -2.16. The van der Waals surface area contributed by atoms with Gasteiger partial charge in [-0.3, -0.25) is 9.59 Å². The molecule has 7 heteroatoms. The number of hydrogen-bond donors (Lipinski definition) is 2. The summed E-state index contributed by atoms with van der Waals surface area (Å²) in [6.45, 7) is -0.501. The molecular weight excluding hydrogens is 288 g/mol. The van der Waals surface area contributed by atoms with Crippen LogP contribution in [-0.2, 0) is 14.3 Å². The zero-order chi connectivity index (χ0) is 16.1. The lowest BCUT2D eigenvalue weighted by molar-refractivity contribution is -0.137. The second-order valence-electron chi connectivity index (χ2n) is 5.21. The molecule has 0 heterocycles. The lowest BCUT2D eigenvalue weighted by atomic mass is 10.2. The zero-order valence-electron chi connectivity index (χ0n) is 12.2. The van der Waals surface area contributed by atoms with Gasteiger partial charge in [0.1, 0.15) is 5.75 Å². The fourth-order valence-corrected chi connectivity index (χ4v) is 1.72. The molecule has 0 aromatic heterocycles. The Hall–Kier alpha value is -2.57. The molecule has 0 saturated heterocycles. The van der Waals surface area contributed by atoms with Gasteiger partial charge in [-0.2, -0.15) is 0 Å². The first-order valence-electron chi connectivity index (χ1n) is 6.95. The van der Waals surface area contributed by atoms with Crippen molar-refractivity contribution in [3.8, 4) is 5.75 Å². The van der Waals surface area contributed by atoms with Crippen LogP contribution in [0.4, 0.5) is 0 Å². The Kier molecular flexibility index (Phi) is 4.98. The van der Waals surface area contributed by atoms with Crippen LogP contribution < -0.4 is 5.32 Å². The first-order chi connectivity index (χ1) is 10.5. The van der Waals surface area contributed by atoms with Gasteiger partial charge >= 0.3 is 5.97 Å². The van der Waals surface area contributed by atoms with Crippen LogP contribution in [0.25, 0.3) is 0 Å². The molecule has 1 aromatic carbocycles. The monoisotopic (exact) mass is 306 g/mol. The summed E-state index contributed by atoms with van der Waals surface area (Å²) in [5.74, 6) is -1.31. The number of nitrogens with one attached hydrogen (secondary N) is 1. The topological polar surface area (TPSA) is 95.9 Å². The Morgan fingerprint density at radius 3 is 2.50 bits per heavy atom. The van der Waals surface area contributed by atoms with Crippen LogP contribution >= 0.6 is 0 Å². The molecule has 1 aliphatic carbocycles. The maximum atomic E-state index is 11.8. The van der Waals surface area contributed by atoms with Crippen LogP contribution in [0.3, 0.4) is 0 Å². The van der Waals surface area contributed by atoms with E-state index in [0.29, 0.717) is 0 Å². The molecule has 22 heavy (non-hydrogen) atoms. The van der Waals surface area contributed by atoms with Gasteiger partial charge in [-0.05, 0) is 37.1 Å². The van der Waals surface area contributed by atoms with E-state index < -0.39 is 18.5 Å². The molecule has 2 N–H and O–H groups in total. The Morgan fingerprint density at radius 1 is 1.27 bits per heavy atom. The number of aromatic hydroxyl groups is 1. The van der Waals surface area contributed by atoms with E-state index in [9.17, 15) is 14.4 Å². The quantitative estimate of drug-likeness (QED) is 0.736. The molecule has 7 nitrogen and oxygen atoms in total. The van der Waals surface area contributed by atoms with E-state index in [1.807, 2.05) is 0 Å². The van der Waals surface area contributed by atoms with E-state index in [1.165, 1.54) is 36.2 Å². The van der Waals surface area contributed by atoms with Crippen LogP contribution in [0.1, 0.15) is 23.2 Å². The summed E-state index contributed by atoms with van der Waals surface area (Å²) in [5.41, 5.74) is 0.236. The van der Waals surface area contributed by atoms with Crippen LogP contribution in [-0.4, -0.2) is 54.0 Å². The van der Waals surface area contributed by atoms with Gasteiger partial charge in [0.2, 0.25) is 5.91 Å². The molecule has 1 aliphatic rings. The van der Waals surface area contributed by atoms with E-state index in [0.717, 1.165) is 12.8 Å². The predicted octanol–water partition coefficient (Wildman–Crippen LogP) is 0.286. The van der Waals surface area contributed by atoms with Crippen molar-refractivity contribution in [2.45, 2.75) is 18.9 Å². The zero-order valence-corrected chi connectivity index (χ0v) is 12.2. The summed E-state index contributed by atoms with van der Waals surface area (Å²) in [7, 11) is 1.48. The number of carbonyl (C=O) groups excluding carboxylic acids is 3. The highest BCUT2D eigenvalue weighted by molar-refractivity contribution is 5.92. The molecule has 0 spiro atoms. The minimum absolute atomic E-state index is 0.0361. The highest BCUT2D eigenvalue weighted by Gasteiger charge is 2.24. The number of phenols is 1. The molecule has 1 saturated carbocycles. The molecule has 0 radical (unpaired) electrons. The SMILES string of the molecule is CN(CC(=O)NC1CC1)C(=O)COC(=O)c1ccc(O)cc1. The number of amides is 2. The lowest BCUT2D eigenvalue weighted by Crippen LogP contribution is -2.40. The fraction of sp³-hybridized carbons (Fsp3) is 0.400. The second-order valence-corrected chi connectivity index (χ2v) is 5.21. The Morgan fingerprint density at radius 2 is 1.91 bits per heavy atom. The first-order valence-corrected chi connectivity index (χ1v) is 6.95. The fourth-order valence-electron chi connectivity index (χ4n) is 1.72. The van der Waals surface area contributed by atoms with Crippen molar-refractivity contribution < 1.29 is 24.2 Å². The number of carbonyl (C=O) groups is 3. The normalized spacial score (nSPS) is 13.3. The van der Waals surface area contributed by atoms with Crippen molar-refractivity contribution in [2.75, 3.05) is 20.2 Å². The van der Waals surface area contributed by atoms with Crippen molar-refractivity contribution in [3.05, 3.63) is 29.8 Å². The average Bonchev–Trinajstić information content (AvgIpc) is 3.28. The van der Waals surface area contributed by atoms with Gasteiger partial charge in [-0.15, -0.1) is 0 Å². The molecule has 0 atom stereocenters. The van der Waals surface area contributed by atoms with E-state index >= 15 is 0 Å². The van der Waals surface area contributed by atoms with Gasteiger partial charge in [-0.1, -0.05) is 0 Å². The molecule has 118 valence electrons. The van der Waals surface area contributed by atoms with E-state index in [2.05, 4.69) is 5.32 Å². The van der Waals surface area contributed by atoms with Gasteiger partial charge in [0, 0.05) is 13.1 Å². The van der Waals surface area contributed by atoms with Crippen molar-refractivity contribution in [3.63, 3.8) is 0 Å². The van der Waals surface area contributed by atoms with Crippen molar-refractivity contribution in [2.24, 2.45) is 0 Å². The minimum Gasteiger partial charge on any atom is -0.508 e. The van der Waals surface area contributed by atoms with E-state index in [-0.39, 0.29) is 29.8 Å². The number of rotatable bonds is 6. The first kappa shape index (κ1) is 15.8. The third-order valence-corrected chi connectivity index (χ3v) is 3.18. The Labute approximate surface area is 127 Å². The maximum Gasteiger partial charge on any atom is 0.338 e. The third-order valence-electron chi connectivity index (χ3n) is 3.18. The highest BCUT2D eigenvalue weighted by Crippen LogP contribution is 2.18. The average molecular weight is 306 g/mol. The summed E-state index contributed by atoms with van der Waals surface area (Å²) < 4.78 is 4.88. The summed E-state index contributed by atoms with van der Waals surface area (Å²) in [5, 5.41) is 11.9. The van der Waals surface area contributed by atoms with Gasteiger partial charge in [0.15, 0.2) is 6.61 Å². The number of esters is 1. The molecule has 0 unspecified atom stereocenters. The predicted molar refractivity (Wildman–Crippen MR) is 77.2 cm³/mol. The molecule has 1 aromatic rings. The minimum atomic E-state index is -0.663. The number of phenolic OH excluding ortho intramolecular Hbond substituents is 1. The largest absolute Gasteiger partial charge is 0.508 e. The van der Waals surface area contributed by atoms with Gasteiger partial charge in [-0.25, -0.2) is 4.79 Å². The van der Waals surface area contributed by atoms with E-state index in [1.54, 1.807) is 0 Å². The van der Waals surface area contributed by atoms with E-state index in [4.69, 9.17) is 9.84 Å². The van der Waals surface area contributed by atoms with Gasteiger partial charge < -0.3 is 20.1 Å². The van der Waals surface area contributed by atoms with Gasteiger partial charge in [0.05, 0.1) is 12.1 Å². The van der Waals surface area contributed by atoms with Crippen LogP contribution in [0.2, 0.25) is 0 Å². The third kappa shape index (κ3) is 4.76. The molecule has 2 amide bonds. The number of ether oxygens (including phenoxy) is 1. The van der Waals surface area contributed by atoms with Crippen LogP contribution in [0.5, 0.6) is 5.75 Å². The summed E-state index contributed by atoms with van der Waals surface area (Å²) >= 11 is 0. The molecule has 0 aliphatic heterocycles.